The van der Waals surface area contributed by atoms with Crippen molar-refractivity contribution in [1.29, 1.82) is 0 Å². The fourth-order valence-electron chi connectivity index (χ4n) is 1.17. The summed E-state index contributed by atoms with van der Waals surface area (Å²) in [4.78, 5) is 0. The number of thiocarbonyl (C=S) groups is 1. The van der Waals surface area contributed by atoms with Crippen molar-refractivity contribution in [3.05, 3.63) is 29.3 Å². The van der Waals surface area contributed by atoms with Crippen LogP contribution in [0.1, 0.15) is 11.1 Å². The Balaban J connectivity index is 3.03. The number of alkyl halides is 3. The van der Waals surface area contributed by atoms with Crippen LogP contribution in [0.4, 0.5) is 18.9 Å². The van der Waals surface area contributed by atoms with Gasteiger partial charge in [-0.05, 0) is 36.8 Å². The summed E-state index contributed by atoms with van der Waals surface area (Å²) in [6.07, 6.45) is -4.38. The third-order valence-electron chi connectivity index (χ3n) is 1.93. The highest BCUT2D eigenvalue weighted by atomic mass is 32.1. The van der Waals surface area contributed by atoms with E-state index in [1.165, 1.54) is 19.1 Å². The number of rotatable bonds is 1. The highest BCUT2D eigenvalue weighted by Crippen LogP contribution is 2.33. The van der Waals surface area contributed by atoms with Crippen molar-refractivity contribution in [1.82, 2.24) is 5.43 Å². The summed E-state index contributed by atoms with van der Waals surface area (Å²) in [6, 6.07) is 3.84. The second kappa shape index (κ2) is 4.67. The molecule has 0 saturated heterocycles. The molecule has 0 aliphatic heterocycles. The average molecular weight is 249 g/mol. The number of benzene rings is 1. The molecule has 0 amide bonds. The molecule has 7 heteroatoms. The van der Waals surface area contributed by atoms with Crippen molar-refractivity contribution in [2.45, 2.75) is 13.1 Å². The maximum atomic E-state index is 12.5. The quantitative estimate of drug-likeness (QED) is 0.405. The van der Waals surface area contributed by atoms with Crippen molar-refractivity contribution in [3.63, 3.8) is 0 Å². The molecule has 0 radical (unpaired) electrons. The molecule has 0 bridgehead atoms. The van der Waals surface area contributed by atoms with Crippen LogP contribution in [0.5, 0.6) is 0 Å². The summed E-state index contributed by atoms with van der Waals surface area (Å²) < 4.78 is 37.6. The molecule has 3 nitrogen and oxygen atoms in total. The van der Waals surface area contributed by atoms with E-state index in [9.17, 15) is 13.2 Å². The summed E-state index contributed by atoms with van der Waals surface area (Å²) in [6.45, 7) is 1.39. The van der Waals surface area contributed by atoms with Gasteiger partial charge in [-0.3, -0.25) is 0 Å². The maximum absolute atomic E-state index is 12.5. The molecule has 0 atom stereocenters. The van der Waals surface area contributed by atoms with Gasteiger partial charge in [-0.25, -0.2) is 5.84 Å². The summed E-state index contributed by atoms with van der Waals surface area (Å²) in [5, 5.41) is 2.58. The molecule has 16 heavy (non-hydrogen) atoms. The van der Waals surface area contributed by atoms with Crippen molar-refractivity contribution in [3.8, 4) is 0 Å². The Labute approximate surface area is 95.8 Å². The predicted molar refractivity (Wildman–Crippen MR) is 59.7 cm³/mol. The molecule has 0 spiro atoms. The Bertz CT molecular complexity index is 403. The molecule has 1 aromatic carbocycles. The molecule has 0 aliphatic carbocycles. The molecule has 1 rings (SSSR count). The lowest BCUT2D eigenvalue weighted by Crippen LogP contribution is -2.34. The number of hydrogen-bond acceptors (Lipinski definition) is 2. The average Bonchev–Trinajstić information content (AvgIpc) is 2.19. The summed E-state index contributed by atoms with van der Waals surface area (Å²) in [7, 11) is 0. The monoisotopic (exact) mass is 249 g/mol. The van der Waals surface area contributed by atoms with Gasteiger partial charge in [0.1, 0.15) is 0 Å². The lowest BCUT2D eigenvalue weighted by molar-refractivity contribution is -0.138. The smallest absolute Gasteiger partial charge is 0.332 e. The molecule has 0 aromatic heterocycles. The highest BCUT2D eigenvalue weighted by molar-refractivity contribution is 7.80. The Hall–Kier alpha value is -1.34. The van der Waals surface area contributed by atoms with Gasteiger partial charge in [0.25, 0.3) is 0 Å². The van der Waals surface area contributed by atoms with Gasteiger partial charge in [-0.2, -0.15) is 13.2 Å². The number of nitrogens with one attached hydrogen (secondary N) is 2. The predicted octanol–water partition coefficient (Wildman–Crippen LogP) is 2.17. The third kappa shape index (κ3) is 3.07. The number of anilines is 1. The Morgan fingerprint density at radius 1 is 1.38 bits per heavy atom. The van der Waals surface area contributed by atoms with Gasteiger partial charge in [-0.15, -0.1) is 0 Å². The zero-order chi connectivity index (χ0) is 12.3. The highest BCUT2D eigenvalue weighted by Gasteiger charge is 2.32. The molecule has 0 unspecified atom stereocenters. The molecule has 1 aromatic rings. The number of hydrazine groups is 1. The topological polar surface area (TPSA) is 50.1 Å². The second-order valence-corrected chi connectivity index (χ2v) is 3.53. The van der Waals surface area contributed by atoms with Crippen molar-refractivity contribution < 1.29 is 13.2 Å². The lowest BCUT2D eigenvalue weighted by Gasteiger charge is -2.13. The first-order valence-electron chi connectivity index (χ1n) is 4.30. The minimum atomic E-state index is -4.38. The number of aryl methyl sites for hydroxylation is 1. The van der Waals surface area contributed by atoms with E-state index in [2.05, 4.69) is 23.0 Å². The van der Waals surface area contributed by atoms with E-state index < -0.39 is 11.7 Å². The zero-order valence-electron chi connectivity index (χ0n) is 8.35. The number of nitrogens with two attached hydrogens (primary N) is 1. The molecule has 0 fully saturated rings. The van der Waals surface area contributed by atoms with Crippen LogP contribution in [0.15, 0.2) is 18.2 Å². The van der Waals surface area contributed by atoms with E-state index in [1.54, 1.807) is 0 Å². The normalized spacial score (nSPS) is 11.1. The van der Waals surface area contributed by atoms with Crippen LogP contribution in [-0.2, 0) is 6.18 Å². The SMILES string of the molecule is Cc1ccc(NC(=S)NN)cc1C(F)(F)F. The van der Waals surface area contributed by atoms with Crippen LogP contribution in [-0.4, -0.2) is 5.11 Å². The summed E-state index contributed by atoms with van der Waals surface area (Å²) in [5.41, 5.74) is 1.82. The fraction of sp³-hybridized carbons (Fsp3) is 0.222. The molecule has 0 saturated carbocycles. The zero-order valence-corrected chi connectivity index (χ0v) is 9.17. The van der Waals surface area contributed by atoms with Gasteiger partial charge >= 0.3 is 6.18 Å². The first kappa shape index (κ1) is 12.7. The Kier molecular flexibility index (Phi) is 3.71. The van der Waals surface area contributed by atoms with Crippen LogP contribution in [0.2, 0.25) is 0 Å². The van der Waals surface area contributed by atoms with E-state index >= 15 is 0 Å². The van der Waals surface area contributed by atoms with Crippen LogP contribution in [0.25, 0.3) is 0 Å². The van der Waals surface area contributed by atoms with E-state index in [-0.39, 0.29) is 16.4 Å². The fourth-order valence-corrected chi connectivity index (χ4v) is 1.29. The first-order valence-corrected chi connectivity index (χ1v) is 4.71. The van der Waals surface area contributed by atoms with Crippen LogP contribution >= 0.6 is 12.2 Å². The third-order valence-corrected chi connectivity index (χ3v) is 2.15. The van der Waals surface area contributed by atoms with E-state index in [1.807, 2.05) is 0 Å². The molecule has 88 valence electrons. The van der Waals surface area contributed by atoms with Gasteiger partial charge in [0.15, 0.2) is 5.11 Å². The summed E-state index contributed by atoms with van der Waals surface area (Å²) >= 11 is 4.68. The number of hydrogen-bond donors (Lipinski definition) is 3. The van der Waals surface area contributed by atoms with Crippen molar-refractivity contribution in [2.24, 2.45) is 5.84 Å². The van der Waals surface area contributed by atoms with E-state index in [0.29, 0.717) is 0 Å². The number of halogens is 3. The molecular weight excluding hydrogens is 239 g/mol. The van der Waals surface area contributed by atoms with Crippen LogP contribution < -0.4 is 16.6 Å². The molecular formula is C9H10F3N3S. The van der Waals surface area contributed by atoms with Crippen LogP contribution in [0, 0.1) is 6.92 Å². The molecule has 0 aliphatic rings. The Morgan fingerprint density at radius 2 is 2.00 bits per heavy atom. The van der Waals surface area contributed by atoms with Crippen molar-refractivity contribution >= 4 is 23.0 Å². The standard InChI is InChI=1S/C9H10F3N3S/c1-5-2-3-6(14-8(16)15-13)4-7(5)9(10,11)12/h2-4H,13H2,1H3,(H2,14,15,16). The maximum Gasteiger partial charge on any atom is 0.416 e. The summed E-state index contributed by atoms with van der Waals surface area (Å²) in [5.74, 6) is 5.00. The second-order valence-electron chi connectivity index (χ2n) is 3.13. The van der Waals surface area contributed by atoms with E-state index in [4.69, 9.17) is 5.84 Å². The first-order chi connectivity index (χ1) is 7.34. The Morgan fingerprint density at radius 3 is 2.50 bits per heavy atom. The molecule has 4 N–H and O–H groups in total. The van der Waals surface area contributed by atoms with Crippen molar-refractivity contribution in [2.75, 3.05) is 5.32 Å². The lowest BCUT2D eigenvalue weighted by atomic mass is 10.1. The minimum Gasteiger partial charge on any atom is -0.332 e. The van der Waals surface area contributed by atoms with Gasteiger partial charge < -0.3 is 10.7 Å². The van der Waals surface area contributed by atoms with Gasteiger partial charge in [0, 0.05) is 5.69 Å². The largest absolute Gasteiger partial charge is 0.416 e. The molecule has 0 heterocycles. The van der Waals surface area contributed by atoms with Crippen LogP contribution in [0.3, 0.4) is 0 Å². The van der Waals surface area contributed by atoms with Gasteiger partial charge in [0.2, 0.25) is 0 Å². The van der Waals surface area contributed by atoms with Gasteiger partial charge in [0.05, 0.1) is 5.56 Å². The van der Waals surface area contributed by atoms with E-state index in [0.717, 1.165) is 6.07 Å². The van der Waals surface area contributed by atoms with Gasteiger partial charge in [-0.1, -0.05) is 6.07 Å². The minimum absolute atomic E-state index is 0.0528.